The minimum atomic E-state index is -0.826. The Balaban J connectivity index is 2.42. The summed E-state index contributed by atoms with van der Waals surface area (Å²) in [6.07, 6.45) is 5.21. The lowest BCUT2D eigenvalue weighted by atomic mass is 9.96. The molecule has 1 saturated heterocycles. The predicted octanol–water partition coefficient (Wildman–Crippen LogP) is 2.11. The number of rotatable bonds is 10. The first-order valence-electron chi connectivity index (χ1n) is 8.34. The zero-order valence-corrected chi connectivity index (χ0v) is 13.9. The van der Waals surface area contributed by atoms with E-state index in [0.29, 0.717) is 12.5 Å². The van der Waals surface area contributed by atoms with Crippen LogP contribution in [0.4, 0.5) is 0 Å². The van der Waals surface area contributed by atoms with Gasteiger partial charge in [-0.05, 0) is 52.1 Å². The molecule has 0 aliphatic carbocycles. The van der Waals surface area contributed by atoms with Gasteiger partial charge in [-0.1, -0.05) is 13.8 Å². The SMILES string of the molecule is CCCNC(C)(CCN1CCCC(OCCC)C1)C(=O)O. The van der Waals surface area contributed by atoms with Crippen LogP contribution in [0.3, 0.4) is 0 Å². The van der Waals surface area contributed by atoms with Gasteiger partial charge in [-0.25, -0.2) is 0 Å². The maximum Gasteiger partial charge on any atom is 0.323 e. The summed E-state index contributed by atoms with van der Waals surface area (Å²) in [4.78, 5) is 13.8. The highest BCUT2D eigenvalue weighted by molar-refractivity contribution is 5.78. The lowest BCUT2D eigenvalue weighted by molar-refractivity contribution is -0.144. The van der Waals surface area contributed by atoms with E-state index in [0.717, 1.165) is 58.5 Å². The third-order valence-electron chi connectivity index (χ3n) is 4.19. The van der Waals surface area contributed by atoms with Crippen molar-refractivity contribution in [3.05, 3.63) is 0 Å². The second-order valence-electron chi connectivity index (χ2n) is 6.25. The predicted molar refractivity (Wildman–Crippen MR) is 84.7 cm³/mol. The molecule has 0 spiro atoms. The second kappa shape index (κ2) is 9.38. The number of nitrogens with one attached hydrogen (secondary N) is 1. The van der Waals surface area contributed by atoms with Crippen molar-refractivity contribution in [2.45, 2.75) is 64.5 Å². The van der Waals surface area contributed by atoms with Gasteiger partial charge in [0.1, 0.15) is 5.54 Å². The average molecular weight is 300 g/mol. The summed E-state index contributed by atoms with van der Waals surface area (Å²) in [5, 5.41) is 12.6. The number of ether oxygens (including phenoxy) is 1. The Labute approximate surface area is 129 Å². The molecule has 0 saturated carbocycles. The number of carbonyl (C=O) groups is 1. The van der Waals surface area contributed by atoms with Crippen LogP contribution in [-0.2, 0) is 9.53 Å². The summed E-state index contributed by atoms with van der Waals surface area (Å²) in [5.74, 6) is -0.758. The smallest absolute Gasteiger partial charge is 0.323 e. The molecule has 1 aliphatic rings. The molecular formula is C16H32N2O3. The van der Waals surface area contributed by atoms with E-state index >= 15 is 0 Å². The maximum absolute atomic E-state index is 11.5. The topological polar surface area (TPSA) is 61.8 Å². The number of hydrogen-bond acceptors (Lipinski definition) is 4. The van der Waals surface area contributed by atoms with Crippen LogP contribution < -0.4 is 5.32 Å². The van der Waals surface area contributed by atoms with Crippen molar-refractivity contribution in [3.8, 4) is 0 Å². The first-order valence-corrected chi connectivity index (χ1v) is 8.34. The molecule has 21 heavy (non-hydrogen) atoms. The fraction of sp³-hybridized carbons (Fsp3) is 0.938. The summed E-state index contributed by atoms with van der Waals surface area (Å²) in [7, 11) is 0. The first-order chi connectivity index (χ1) is 10.0. The Hall–Kier alpha value is -0.650. The molecule has 124 valence electrons. The minimum absolute atomic E-state index is 0.318. The summed E-state index contributed by atoms with van der Waals surface area (Å²) < 4.78 is 5.83. The van der Waals surface area contributed by atoms with E-state index in [2.05, 4.69) is 24.1 Å². The summed E-state index contributed by atoms with van der Waals surface area (Å²) >= 11 is 0. The summed E-state index contributed by atoms with van der Waals surface area (Å²) in [5.41, 5.74) is -0.826. The second-order valence-corrected chi connectivity index (χ2v) is 6.25. The van der Waals surface area contributed by atoms with Gasteiger partial charge in [0.05, 0.1) is 6.10 Å². The van der Waals surface area contributed by atoms with Crippen molar-refractivity contribution in [2.24, 2.45) is 0 Å². The Morgan fingerprint density at radius 2 is 2.19 bits per heavy atom. The Bertz CT molecular complexity index is 312. The fourth-order valence-corrected chi connectivity index (χ4v) is 2.69. The average Bonchev–Trinajstić information content (AvgIpc) is 2.49. The molecule has 1 fully saturated rings. The van der Waals surface area contributed by atoms with Gasteiger partial charge in [-0.15, -0.1) is 0 Å². The van der Waals surface area contributed by atoms with Gasteiger partial charge in [-0.2, -0.15) is 0 Å². The van der Waals surface area contributed by atoms with E-state index in [1.165, 1.54) is 0 Å². The number of aliphatic carboxylic acids is 1. The van der Waals surface area contributed by atoms with E-state index in [1.807, 2.05) is 0 Å². The van der Waals surface area contributed by atoms with Crippen LogP contribution in [0.1, 0.15) is 52.9 Å². The van der Waals surface area contributed by atoms with Crippen molar-refractivity contribution < 1.29 is 14.6 Å². The monoisotopic (exact) mass is 300 g/mol. The highest BCUT2D eigenvalue weighted by atomic mass is 16.5. The number of carboxylic acid groups (broad SMARTS) is 1. The molecule has 1 heterocycles. The molecule has 2 atom stereocenters. The molecule has 5 heteroatoms. The van der Waals surface area contributed by atoms with Gasteiger partial charge in [0.2, 0.25) is 0 Å². The number of nitrogens with zero attached hydrogens (tertiary/aromatic N) is 1. The van der Waals surface area contributed by atoms with Crippen molar-refractivity contribution in [3.63, 3.8) is 0 Å². The van der Waals surface area contributed by atoms with Crippen molar-refractivity contribution >= 4 is 5.97 Å². The third-order valence-corrected chi connectivity index (χ3v) is 4.19. The summed E-state index contributed by atoms with van der Waals surface area (Å²) in [6.45, 7) is 10.3. The van der Waals surface area contributed by atoms with Crippen molar-refractivity contribution in [2.75, 3.05) is 32.8 Å². The van der Waals surface area contributed by atoms with E-state index in [4.69, 9.17) is 4.74 Å². The van der Waals surface area contributed by atoms with Crippen LogP contribution in [0.5, 0.6) is 0 Å². The van der Waals surface area contributed by atoms with Gasteiger partial charge >= 0.3 is 5.97 Å². The molecule has 0 radical (unpaired) electrons. The highest BCUT2D eigenvalue weighted by Crippen LogP contribution is 2.17. The van der Waals surface area contributed by atoms with Crippen molar-refractivity contribution in [1.82, 2.24) is 10.2 Å². The molecule has 0 amide bonds. The minimum Gasteiger partial charge on any atom is -0.480 e. The van der Waals surface area contributed by atoms with Gasteiger partial charge < -0.3 is 20.1 Å². The molecule has 0 aromatic heterocycles. The normalized spacial score (nSPS) is 22.9. The quantitative estimate of drug-likeness (QED) is 0.647. The van der Waals surface area contributed by atoms with E-state index in [1.54, 1.807) is 6.92 Å². The van der Waals surface area contributed by atoms with Crippen LogP contribution >= 0.6 is 0 Å². The van der Waals surface area contributed by atoms with Gasteiger partial charge in [0, 0.05) is 19.7 Å². The van der Waals surface area contributed by atoms with Crippen LogP contribution in [0.25, 0.3) is 0 Å². The third kappa shape index (κ3) is 6.32. The molecule has 2 N–H and O–H groups in total. The number of piperidine rings is 1. The zero-order chi connectivity index (χ0) is 15.7. The molecule has 2 unspecified atom stereocenters. The molecule has 5 nitrogen and oxygen atoms in total. The zero-order valence-electron chi connectivity index (χ0n) is 13.9. The molecule has 0 bridgehead atoms. The molecule has 1 rings (SSSR count). The first kappa shape index (κ1) is 18.4. The molecule has 0 aromatic carbocycles. The van der Waals surface area contributed by atoms with Gasteiger partial charge in [0.15, 0.2) is 0 Å². The Morgan fingerprint density at radius 3 is 2.81 bits per heavy atom. The van der Waals surface area contributed by atoms with Crippen LogP contribution in [0.2, 0.25) is 0 Å². The molecule has 0 aromatic rings. The summed E-state index contributed by atoms with van der Waals surface area (Å²) in [6, 6.07) is 0. The highest BCUT2D eigenvalue weighted by Gasteiger charge is 2.33. The Morgan fingerprint density at radius 1 is 1.43 bits per heavy atom. The molecular weight excluding hydrogens is 268 g/mol. The number of hydrogen-bond donors (Lipinski definition) is 2. The van der Waals surface area contributed by atoms with Crippen LogP contribution in [-0.4, -0.2) is 60.4 Å². The van der Waals surface area contributed by atoms with E-state index in [-0.39, 0.29) is 0 Å². The number of carboxylic acids is 1. The number of likely N-dealkylation sites (tertiary alicyclic amines) is 1. The fourth-order valence-electron chi connectivity index (χ4n) is 2.69. The van der Waals surface area contributed by atoms with E-state index in [9.17, 15) is 9.90 Å². The molecule has 1 aliphatic heterocycles. The van der Waals surface area contributed by atoms with Gasteiger partial charge in [-0.3, -0.25) is 4.79 Å². The lowest BCUT2D eigenvalue weighted by Crippen LogP contribution is -2.52. The maximum atomic E-state index is 11.5. The largest absolute Gasteiger partial charge is 0.480 e. The van der Waals surface area contributed by atoms with Crippen LogP contribution in [0, 0.1) is 0 Å². The van der Waals surface area contributed by atoms with Crippen molar-refractivity contribution in [1.29, 1.82) is 0 Å². The van der Waals surface area contributed by atoms with Crippen LogP contribution in [0.15, 0.2) is 0 Å². The lowest BCUT2D eigenvalue weighted by Gasteiger charge is -2.35. The van der Waals surface area contributed by atoms with Gasteiger partial charge in [0.25, 0.3) is 0 Å². The standard InChI is InChI=1S/C16H32N2O3/c1-4-9-17-16(3,15(19)20)8-11-18-10-6-7-14(13-18)21-12-5-2/h14,17H,4-13H2,1-3H3,(H,19,20). The Kier molecular flexibility index (Phi) is 8.22. The van der Waals surface area contributed by atoms with E-state index < -0.39 is 11.5 Å².